The molecule has 0 atom stereocenters. The SMILES string of the molecule is BBB(B)B(B(B)B)c1c(B(B(B)B)B(B)B)c(B(BB)B(B)B)c(B(B)B(B)B)c2c(B(B)BB)c(-c3c4c(C)c(C)c(C)c(C)c4c(C)c4c(-c5c(C)c(C)c(C)c(C)c5C)c(C)c(C)c(C)c34)c(BB)c(B)c12. The molecule has 0 aliphatic heterocycles. The molecule has 0 heterocycles. The van der Waals surface area contributed by atoms with Crippen LogP contribution in [0.25, 0.3) is 54.6 Å². The van der Waals surface area contributed by atoms with Crippen LogP contribution in [0.2, 0.25) is 0 Å². The summed E-state index contributed by atoms with van der Waals surface area (Å²) in [4.78, 5) is 0. The maximum atomic E-state index is 2.64. The number of benzene rings is 6. The highest BCUT2D eigenvalue weighted by atomic mass is 14.3. The number of hydrogen-bond donors (Lipinski definition) is 0. The van der Waals surface area contributed by atoms with Gasteiger partial charge in [0.05, 0.1) is 178 Å². The molecule has 0 N–H and O–H groups in total. The van der Waals surface area contributed by atoms with Crippen molar-refractivity contribution in [3.63, 3.8) is 0 Å². The van der Waals surface area contributed by atoms with Crippen molar-refractivity contribution in [2.45, 2.75) is 90.0 Å². The first-order chi connectivity index (χ1) is 35.4. The summed E-state index contributed by atoms with van der Waals surface area (Å²) in [6.07, 6.45) is 3.01. The van der Waals surface area contributed by atoms with Crippen molar-refractivity contribution in [2.24, 2.45) is 0 Å². The second-order valence-electron chi connectivity index (χ2n) is 27.2. The van der Waals surface area contributed by atoms with Gasteiger partial charge in [0.2, 0.25) is 0 Å². The Labute approximate surface area is 490 Å². The van der Waals surface area contributed by atoms with Crippen LogP contribution in [0, 0.1) is 90.0 Å². The van der Waals surface area contributed by atoms with Gasteiger partial charge < -0.3 is 0 Å². The summed E-state index contributed by atoms with van der Waals surface area (Å²) in [5, 5.41) is 9.22. The molecule has 0 aliphatic rings. The third-order valence-electron chi connectivity index (χ3n) is 21.7. The van der Waals surface area contributed by atoms with Gasteiger partial charge >= 0.3 is 0 Å². The van der Waals surface area contributed by atoms with Crippen LogP contribution in [0.5, 0.6) is 0 Å². The van der Waals surface area contributed by atoms with Crippen molar-refractivity contribution >= 4 is 309 Å². The smallest absolute Gasteiger partial charge is 0.113 e. The highest BCUT2D eigenvalue weighted by Gasteiger charge is 2.43. The standard InChI is InChI=1S/C43H79B33/c1-14-15(2)20(7)27(21(8)16(14)3)29-24(11)19(6)25(12)31-32(29)26(13)28-22(9)17(4)18(5)23(10)30(28)33(31)35-38(62-45)37(44)34-36(39(35)66(49)63-46)40(67(50)71(51)52)42(68(64-47)72(53)54)43(69(73(55)56)74(57)58)41(34)70(75(59)60)76(61)65-48/h62-65H,44-61H2,1-13H3. The molecule has 0 nitrogen and oxygen atoms in total. The second-order valence-corrected chi connectivity index (χ2v) is 27.2. The van der Waals surface area contributed by atoms with Gasteiger partial charge in [0, 0.05) is 45.4 Å². The second kappa shape index (κ2) is 24.4. The molecule has 33 heteroatoms. The van der Waals surface area contributed by atoms with Gasteiger partial charge in [-0.05, 0) is 217 Å². The van der Waals surface area contributed by atoms with Gasteiger partial charge in [-0.15, -0.1) is 10.9 Å². The lowest BCUT2D eigenvalue weighted by Crippen LogP contribution is -2.80. The topological polar surface area (TPSA) is 0 Å². The zero-order chi connectivity index (χ0) is 57.5. The first kappa shape index (κ1) is 63.4. The predicted octanol–water partition coefficient (Wildman–Crippen LogP) is -16.6. The van der Waals surface area contributed by atoms with E-state index in [1.54, 1.807) is 54.6 Å². The molecule has 0 bridgehead atoms. The van der Waals surface area contributed by atoms with E-state index in [4.69, 9.17) is 0 Å². The van der Waals surface area contributed by atoms with Crippen LogP contribution in [0.4, 0.5) is 0 Å². The summed E-state index contributed by atoms with van der Waals surface area (Å²) in [6.45, 7) is 33.6. The Balaban J connectivity index is 2.27. The lowest BCUT2D eigenvalue weighted by molar-refractivity contribution is 1.17. The fourth-order valence-corrected chi connectivity index (χ4v) is 16.1. The van der Waals surface area contributed by atoms with Gasteiger partial charge in [0.15, 0.2) is 0 Å². The maximum Gasteiger partial charge on any atom is 0.139 e. The van der Waals surface area contributed by atoms with Gasteiger partial charge in [-0.3, -0.25) is 0 Å². The quantitative estimate of drug-likeness (QED) is 0.0631. The summed E-state index contributed by atoms with van der Waals surface area (Å²) < 4.78 is 0. The minimum atomic E-state index is 0.317. The third kappa shape index (κ3) is 10.1. The van der Waals surface area contributed by atoms with Crippen molar-refractivity contribution in [1.29, 1.82) is 0 Å². The van der Waals surface area contributed by atoms with E-state index >= 15 is 0 Å². The van der Waals surface area contributed by atoms with Crippen LogP contribution in [0.15, 0.2) is 0 Å². The zero-order valence-electron chi connectivity index (χ0n) is 55.2. The number of rotatable bonds is 17. The summed E-state index contributed by atoms with van der Waals surface area (Å²) in [7, 11) is 50.4. The first-order valence-corrected chi connectivity index (χ1v) is 31.1. The van der Waals surface area contributed by atoms with E-state index in [0.29, 0.717) is 70.8 Å². The van der Waals surface area contributed by atoms with Crippen molar-refractivity contribution in [1.82, 2.24) is 0 Å². The Morgan fingerprint density at radius 1 is 0.303 bits per heavy atom. The Hall–Kier alpha value is -1.76. The molecule has 0 aliphatic carbocycles. The molecule has 0 unspecified atom stereocenters. The van der Waals surface area contributed by atoms with Crippen LogP contribution in [0.1, 0.15) is 72.3 Å². The molecule has 0 spiro atoms. The van der Waals surface area contributed by atoms with E-state index < -0.39 is 0 Å². The first-order valence-electron chi connectivity index (χ1n) is 31.1. The molecule has 6 aromatic rings. The Bertz CT molecular complexity index is 3240. The molecule has 76 heavy (non-hydrogen) atoms. The molecule has 0 saturated carbocycles. The Morgan fingerprint density at radius 3 is 1.14 bits per heavy atom. The van der Waals surface area contributed by atoms with E-state index in [1.165, 1.54) is 118 Å². The predicted molar refractivity (Wildman–Crippen MR) is 435 cm³/mol. The minimum Gasteiger partial charge on any atom is -0.113 e. The molecule has 0 fully saturated rings. The van der Waals surface area contributed by atoms with Crippen molar-refractivity contribution < 1.29 is 0 Å². The third-order valence-corrected chi connectivity index (χ3v) is 21.7. The normalized spacial score (nSPS) is 11.1. The van der Waals surface area contributed by atoms with Gasteiger partial charge in [-0.1, -0.05) is 27.3 Å². The van der Waals surface area contributed by atoms with Crippen LogP contribution in [-0.4, -0.2) is 239 Å². The molecule has 0 radical (unpaired) electrons. The Kier molecular flexibility index (Phi) is 20.3. The molecule has 350 valence electrons. The largest absolute Gasteiger partial charge is 0.139 e. The van der Waals surface area contributed by atoms with Gasteiger partial charge in [-0.2, -0.15) is 0 Å². The van der Waals surface area contributed by atoms with E-state index in [9.17, 15) is 0 Å². The fraction of sp³-hybridized carbons (Fsp3) is 0.302. The molecule has 0 aromatic heterocycles. The summed E-state index contributed by atoms with van der Waals surface area (Å²) >= 11 is 0. The molecule has 6 rings (SSSR count). The van der Waals surface area contributed by atoms with Crippen LogP contribution in [0.3, 0.4) is 0 Å². The van der Waals surface area contributed by atoms with Crippen molar-refractivity contribution in [3.8, 4) is 22.3 Å². The molecular weight excluding hydrogens is 873 g/mol. The van der Waals surface area contributed by atoms with Gasteiger partial charge in [0.1, 0.15) is 15.0 Å². The molecule has 0 amide bonds. The summed E-state index contributed by atoms with van der Waals surface area (Å²) in [5.41, 5.74) is 36.4. The average molecular weight is 953 g/mol. The monoisotopic (exact) mass is 959 g/mol. The number of aryl methyl sites for hydroxylation is 4. The number of hydrogen-bond acceptors (Lipinski definition) is 0. The van der Waals surface area contributed by atoms with Crippen LogP contribution < -0.4 is 38.2 Å². The number of fused-ring (bicyclic) bond motifs is 3. The van der Waals surface area contributed by atoms with Gasteiger partial charge in [-0.25, -0.2) is 0 Å². The van der Waals surface area contributed by atoms with Gasteiger partial charge in [0.25, 0.3) is 0 Å². The van der Waals surface area contributed by atoms with Crippen LogP contribution >= 0.6 is 0 Å². The zero-order valence-corrected chi connectivity index (χ0v) is 55.2. The van der Waals surface area contributed by atoms with Crippen molar-refractivity contribution in [2.75, 3.05) is 0 Å². The van der Waals surface area contributed by atoms with E-state index in [1.807, 2.05) is 0 Å². The Morgan fingerprint density at radius 2 is 0.724 bits per heavy atom. The van der Waals surface area contributed by atoms with Crippen LogP contribution in [-0.2, 0) is 0 Å². The highest BCUT2D eigenvalue weighted by Crippen LogP contribution is 2.50. The fourth-order valence-electron chi connectivity index (χ4n) is 16.1. The molecule has 6 aromatic carbocycles. The van der Waals surface area contributed by atoms with E-state index in [0.717, 1.165) is 21.3 Å². The van der Waals surface area contributed by atoms with Crippen molar-refractivity contribution in [3.05, 3.63) is 72.3 Å². The maximum absolute atomic E-state index is 2.64. The minimum absolute atomic E-state index is 0.317. The highest BCUT2D eigenvalue weighted by molar-refractivity contribution is 7.89. The summed E-state index contributed by atoms with van der Waals surface area (Å²) in [6, 6.07) is 0. The molecular formula is C43H79B33. The molecule has 0 saturated heterocycles. The lowest BCUT2D eigenvalue weighted by Gasteiger charge is -2.42. The lowest BCUT2D eigenvalue weighted by atomic mass is 8.66. The average Bonchev–Trinajstić information content (AvgIpc) is 3.37. The van der Waals surface area contributed by atoms with E-state index in [-0.39, 0.29) is 0 Å². The van der Waals surface area contributed by atoms with E-state index in [2.05, 4.69) is 229 Å². The summed E-state index contributed by atoms with van der Waals surface area (Å²) in [5.74, 6) is 0.